The zero-order valence-corrected chi connectivity index (χ0v) is 12.6. The topological polar surface area (TPSA) is 39.1 Å². The van der Waals surface area contributed by atoms with Crippen molar-refractivity contribution in [3.63, 3.8) is 0 Å². The maximum absolute atomic E-state index is 6.35. The molecular formula is C14H22ClN3O. The van der Waals surface area contributed by atoms with E-state index in [0.29, 0.717) is 6.04 Å². The summed E-state index contributed by atoms with van der Waals surface area (Å²) in [5.74, 6) is 0. The molecule has 1 atom stereocenters. The van der Waals surface area contributed by atoms with Crippen LogP contribution in [-0.4, -0.2) is 35.6 Å². The summed E-state index contributed by atoms with van der Waals surface area (Å²) in [5.41, 5.74) is 3.24. The number of rotatable bonds is 4. The molecule has 0 aliphatic carbocycles. The Morgan fingerprint density at radius 3 is 3.00 bits per heavy atom. The summed E-state index contributed by atoms with van der Waals surface area (Å²) in [6, 6.07) is 0.405. The van der Waals surface area contributed by atoms with Gasteiger partial charge in [-0.15, -0.1) is 0 Å². The summed E-state index contributed by atoms with van der Waals surface area (Å²) in [6.45, 7) is 6.73. The molecule has 0 radical (unpaired) electrons. The highest BCUT2D eigenvalue weighted by Gasteiger charge is 2.15. The number of morpholine rings is 1. The van der Waals surface area contributed by atoms with Crippen LogP contribution in [0.4, 0.5) is 0 Å². The fourth-order valence-corrected chi connectivity index (χ4v) is 2.73. The number of aromatic nitrogens is 2. The van der Waals surface area contributed by atoms with Gasteiger partial charge in [0, 0.05) is 19.6 Å². The third-order valence-electron chi connectivity index (χ3n) is 3.38. The Morgan fingerprint density at radius 1 is 1.63 bits per heavy atom. The summed E-state index contributed by atoms with van der Waals surface area (Å²) in [7, 11) is 1.94. The normalized spacial score (nSPS) is 20.8. The van der Waals surface area contributed by atoms with Crippen molar-refractivity contribution >= 4 is 17.7 Å². The lowest BCUT2D eigenvalue weighted by Crippen LogP contribution is -2.41. The molecule has 1 aromatic rings. The molecule has 1 unspecified atom stereocenters. The van der Waals surface area contributed by atoms with E-state index in [0.717, 1.165) is 49.0 Å². The molecule has 1 saturated heterocycles. The molecule has 2 heterocycles. The second-order valence-electron chi connectivity index (χ2n) is 5.04. The largest absolute Gasteiger partial charge is 0.379 e. The maximum Gasteiger partial charge on any atom is 0.0891 e. The van der Waals surface area contributed by atoms with Crippen LogP contribution >= 0.6 is 11.6 Å². The lowest BCUT2D eigenvalue weighted by Gasteiger charge is -2.24. The zero-order chi connectivity index (χ0) is 13.8. The highest BCUT2D eigenvalue weighted by atomic mass is 35.5. The van der Waals surface area contributed by atoms with Crippen LogP contribution in [0, 0.1) is 0 Å². The van der Waals surface area contributed by atoms with Gasteiger partial charge in [0.2, 0.25) is 0 Å². The van der Waals surface area contributed by atoms with Crippen molar-refractivity contribution in [2.75, 3.05) is 19.8 Å². The minimum absolute atomic E-state index is 0.405. The third kappa shape index (κ3) is 3.59. The van der Waals surface area contributed by atoms with E-state index in [-0.39, 0.29) is 0 Å². The molecule has 0 amide bonds. The maximum atomic E-state index is 6.35. The van der Waals surface area contributed by atoms with Gasteiger partial charge in [-0.2, -0.15) is 5.10 Å². The number of ether oxygens (including phenoxy) is 1. The van der Waals surface area contributed by atoms with Gasteiger partial charge in [-0.25, -0.2) is 0 Å². The van der Waals surface area contributed by atoms with Gasteiger partial charge >= 0.3 is 0 Å². The molecule has 2 rings (SSSR count). The molecule has 1 aliphatic heterocycles. The van der Waals surface area contributed by atoms with Gasteiger partial charge < -0.3 is 10.1 Å². The molecule has 0 bridgehead atoms. The van der Waals surface area contributed by atoms with E-state index in [4.69, 9.17) is 16.3 Å². The first kappa shape index (κ1) is 14.6. The standard InChI is InChI=1S/C14H22ClN3O/c1-4-12-14(15)13(18(3)17-12)8-10(2)7-11-9-19-6-5-16-11/h8,11,16H,4-7,9H2,1-3H3/b10-8-. The van der Waals surface area contributed by atoms with Crippen LogP contribution in [0.3, 0.4) is 0 Å². The van der Waals surface area contributed by atoms with Crippen LogP contribution in [0.15, 0.2) is 5.57 Å². The molecule has 1 aliphatic rings. The van der Waals surface area contributed by atoms with E-state index in [1.807, 2.05) is 11.7 Å². The summed E-state index contributed by atoms with van der Waals surface area (Å²) in [6.07, 6.45) is 3.96. The molecule has 4 nitrogen and oxygen atoms in total. The monoisotopic (exact) mass is 283 g/mol. The van der Waals surface area contributed by atoms with Gasteiger partial charge in [-0.05, 0) is 25.8 Å². The summed E-state index contributed by atoms with van der Waals surface area (Å²) in [5, 5.41) is 8.66. The van der Waals surface area contributed by atoms with Crippen LogP contribution < -0.4 is 5.32 Å². The van der Waals surface area contributed by atoms with Crippen molar-refractivity contribution in [3.05, 3.63) is 22.0 Å². The predicted octanol–water partition coefficient (Wildman–Crippen LogP) is 2.42. The minimum Gasteiger partial charge on any atom is -0.379 e. The number of nitrogens with one attached hydrogen (secondary N) is 1. The van der Waals surface area contributed by atoms with Gasteiger partial charge in [0.15, 0.2) is 0 Å². The number of halogens is 1. The summed E-state index contributed by atoms with van der Waals surface area (Å²) in [4.78, 5) is 0. The van der Waals surface area contributed by atoms with Crippen LogP contribution in [-0.2, 0) is 18.2 Å². The molecule has 0 saturated carbocycles. The Kier molecular flexibility index (Phi) is 5.02. The Hall–Kier alpha value is -0.840. The summed E-state index contributed by atoms with van der Waals surface area (Å²) < 4.78 is 7.33. The van der Waals surface area contributed by atoms with Crippen molar-refractivity contribution in [1.82, 2.24) is 15.1 Å². The van der Waals surface area contributed by atoms with E-state index in [2.05, 4.69) is 30.3 Å². The average molecular weight is 284 g/mol. The molecule has 1 N–H and O–H groups in total. The lowest BCUT2D eigenvalue weighted by atomic mass is 10.1. The number of aryl methyl sites for hydroxylation is 2. The lowest BCUT2D eigenvalue weighted by molar-refractivity contribution is 0.0771. The molecule has 5 heteroatoms. The molecule has 1 aromatic heterocycles. The first-order valence-electron chi connectivity index (χ1n) is 6.81. The molecular weight excluding hydrogens is 262 g/mol. The third-order valence-corrected chi connectivity index (χ3v) is 3.79. The number of nitrogens with zero attached hydrogens (tertiary/aromatic N) is 2. The van der Waals surface area contributed by atoms with Gasteiger partial charge in [-0.1, -0.05) is 24.1 Å². The van der Waals surface area contributed by atoms with Gasteiger partial charge in [0.1, 0.15) is 0 Å². The highest BCUT2D eigenvalue weighted by molar-refractivity contribution is 6.32. The van der Waals surface area contributed by atoms with Crippen molar-refractivity contribution in [2.24, 2.45) is 7.05 Å². The highest BCUT2D eigenvalue weighted by Crippen LogP contribution is 2.24. The fraction of sp³-hybridized carbons (Fsp3) is 0.643. The van der Waals surface area contributed by atoms with Crippen LogP contribution in [0.1, 0.15) is 31.7 Å². The van der Waals surface area contributed by atoms with E-state index < -0.39 is 0 Å². The predicted molar refractivity (Wildman–Crippen MR) is 78.5 cm³/mol. The molecule has 19 heavy (non-hydrogen) atoms. The SMILES string of the molecule is CCc1nn(C)c(/C=C(/C)CC2COCCN2)c1Cl. The molecule has 0 spiro atoms. The Labute approximate surface area is 119 Å². The molecule has 0 aromatic carbocycles. The second kappa shape index (κ2) is 6.55. The Bertz CT molecular complexity index is 462. The van der Waals surface area contributed by atoms with E-state index in [1.54, 1.807) is 0 Å². The van der Waals surface area contributed by atoms with Crippen LogP contribution in [0.25, 0.3) is 6.08 Å². The first-order valence-corrected chi connectivity index (χ1v) is 7.19. The Morgan fingerprint density at radius 2 is 2.42 bits per heavy atom. The minimum atomic E-state index is 0.405. The van der Waals surface area contributed by atoms with Crippen LogP contribution in [0.2, 0.25) is 5.02 Å². The summed E-state index contributed by atoms with van der Waals surface area (Å²) >= 11 is 6.35. The van der Waals surface area contributed by atoms with Gasteiger partial charge in [0.05, 0.1) is 29.6 Å². The first-order chi connectivity index (χ1) is 9.11. The number of hydrogen-bond acceptors (Lipinski definition) is 3. The van der Waals surface area contributed by atoms with E-state index >= 15 is 0 Å². The smallest absolute Gasteiger partial charge is 0.0891 e. The fourth-order valence-electron chi connectivity index (χ4n) is 2.38. The van der Waals surface area contributed by atoms with Crippen molar-refractivity contribution in [1.29, 1.82) is 0 Å². The Balaban J connectivity index is 2.09. The van der Waals surface area contributed by atoms with E-state index in [1.165, 1.54) is 5.57 Å². The molecule has 106 valence electrons. The second-order valence-corrected chi connectivity index (χ2v) is 5.42. The average Bonchev–Trinajstić information content (AvgIpc) is 2.67. The van der Waals surface area contributed by atoms with Gasteiger partial charge in [-0.3, -0.25) is 4.68 Å². The van der Waals surface area contributed by atoms with Crippen molar-refractivity contribution in [2.45, 2.75) is 32.7 Å². The van der Waals surface area contributed by atoms with Crippen molar-refractivity contribution < 1.29 is 4.74 Å². The quantitative estimate of drug-likeness (QED) is 0.922. The van der Waals surface area contributed by atoms with E-state index in [9.17, 15) is 0 Å². The van der Waals surface area contributed by atoms with Crippen molar-refractivity contribution in [3.8, 4) is 0 Å². The van der Waals surface area contributed by atoms with Gasteiger partial charge in [0.25, 0.3) is 0 Å². The zero-order valence-electron chi connectivity index (χ0n) is 11.9. The van der Waals surface area contributed by atoms with Crippen LogP contribution in [0.5, 0.6) is 0 Å². The number of hydrogen-bond donors (Lipinski definition) is 1. The molecule has 1 fully saturated rings.